The van der Waals surface area contributed by atoms with Crippen LogP contribution in [-0.4, -0.2) is 58.0 Å². The third-order valence-corrected chi connectivity index (χ3v) is 7.25. The number of nitrogens with one attached hydrogen (secondary N) is 2. The number of ether oxygens (including phenoxy) is 1. The Morgan fingerprint density at radius 1 is 1.10 bits per heavy atom. The van der Waals surface area contributed by atoms with Crippen molar-refractivity contribution in [1.29, 1.82) is 0 Å². The second-order valence-corrected chi connectivity index (χ2v) is 10.8. The molecule has 0 unspecified atom stereocenters. The predicted molar refractivity (Wildman–Crippen MR) is 110 cm³/mol. The molecule has 0 aromatic heterocycles. The van der Waals surface area contributed by atoms with Gasteiger partial charge in [-0.15, -0.1) is 0 Å². The molecule has 3 aliphatic heterocycles. The first-order valence-electron chi connectivity index (χ1n) is 11.5. The zero-order valence-electron chi connectivity index (χ0n) is 18.1. The molecule has 2 aliphatic carbocycles. The Kier molecular flexibility index (Phi) is 4.55. The van der Waals surface area contributed by atoms with Crippen molar-refractivity contribution in [1.82, 2.24) is 15.5 Å². The zero-order chi connectivity index (χ0) is 21.3. The van der Waals surface area contributed by atoms with Crippen molar-refractivity contribution in [3.8, 4) is 0 Å². The predicted octanol–water partition coefficient (Wildman–Crippen LogP) is 1.66. The van der Waals surface area contributed by atoms with Crippen LogP contribution in [0.2, 0.25) is 0 Å². The molecular weight excluding hydrogens is 382 g/mol. The molecule has 2 saturated heterocycles. The van der Waals surface area contributed by atoms with Crippen LogP contribution in [0.1, 0.15) is 65.7 Å². The molecule has 7 heteroatoms. The molecule has 164 valence electrons. The number of amides is 3. The van der Waals surface area contributed by atoms with Crippen molar-refractivity contribution in [3.63, 3.8) is 0 Å². The van der Waals surface area contributed by atoms with Crippen molar-refractivity contribution in [2.75, 3.05) is 0 Å². The molecule has 5 aliphatic rings. The highest BCUT2D eigenvalue weighted by atomic mass is 16.5. The molecule has 2 bridgehead atoms. The van der Waals surface area contributed by atoms with Crippen molar-refractivity contribution in [2.45, 2.75) is 101 Å². The monoisotopic (exact) mass is 415 g/mol. The topological polar surface area (TPSA) is 87.7 Å². The molecule has 30 heavy (non-hydrogen) atoms. The minimum absolute atomic E-state index is 0.0753. The maximum absolute atomic E-state index is 13.6. The summed E-state index contributed by atoms with van der Waals surface area (Å²) in [6.45, 7) is 5.80. The number of nitrogens with zero attached hydrogens (tertiary/aromatic N) is 1. The lowest BCUT2D eigenvalue weighted by Gasteiger charge is -2.34. The van der Waals surface area contributed by atoms with Crippen molar-refractivity contribution in [3.05, 3.63) is 12.2 Å². The zero-order valence-corrected chi connectivity index (χ0v) is 18.1. The lowest BCUT2D eigenvalue weighted by Crippen LogP contribution is -2.58. The highest BCUT2D eigenvalue weighted by Crippen LogP contribution is 2.57. The Labute approximate surface area is 178 Å². The van der Waals surface area contributed by atoms with Gasteiger partial charge in [-0.25, -0.2) is 0 Å². The van der Waals surface area contributed by atoms with Crippen LogP contribution in [0.25, 0.3) is 0 Å². The Morgan fingerprint density at radius 2 is 1.80 bits per heavy atom. The lowest BCUT2D eigenvalue weighted by molar-refractivity contribution is -0.143. The lowest BCUT2D eigenvalue weighted by atomic mass is 9.74. The van der Waals surface area contributed by atoms with E-state index in [1.165, 1.54) is 6.42 Å². The fraction of sp³-hybridized carbons (Fsp3) is 0.783. The quantitative estimate of drug-likeness (QED) is 0.684. The van der Waals surface area contributed by atoms with Crippen LogP contribution in [-0.2, 0) is 19.1 Å². The number of rotatable bonds is 4. The number of carbonyl (C=O) groups is 3. The van der Waals surface area contributed by atoms with Crippen LogP contribution >= 0.6 is 0 Å². The van der Waals surface area contributed by atoms with Gasteiger partial charge in [0.15, 0.2) is 0 Å². The molecule has 2 saturated carbocycles. The molecule has 7 nitrogen and oxygen atoms in total. The van der Waals surface area contributed by atoms with E-state index in [1.54, 1.807) is 4.90 Å². The fourth-order valence-corrected chi connectivity index (χ4v) is 5.93. The Hall–Kier alpha value is -1.89. The number of hydrogen-bond donors (Lipinski definition) is 2. The average Bonchev–Trinajstić information content (AvgIpc) is 3.26. The Bertz CT molecular complexity index is 793. The van der Waals surface area contributed by atoms with Gasteiger partial charge in [-0.05, 0) is 46.5 Å². The molecular formula is C23H33N3O4. The summed E-state index contributed by atoms with van der Waals surface area (Å²) in [5.74, 6) is -1.55. The summed E-state index contributed by atoms with van der Waals surface area (Å²) in [6.07, 6.45) is 10.6. The summed E-state index contributed by atoms with van der Waals surface area (Å²) in [5, 5.41) is 6.24. The van der Waals surface area contributed by atoms with E-state index in [-0.39, 0.29) is 29.8 Å². The second kappa shape index (κ2) is 6.81. The standard InChI is InChI=1S/C23H33N3O4/c1-22(2,3)25-20(28)18-23-12-11-15(30-23)16(17(23)21(29)26(18)14-9-10-14)19(27)24-13-7-5-4-6-8-13/h11-18H,4-10H2,1-3H3,(H,24,27)(H,25,28)/t15-,16-,17-,18+,23+/m1/s1. The van der Waals surface area contributed by atoms with E-state index in [1.807, 2.05) is 32.9 Å². The molecule has 5 rings (SSSR count). The summed E-state index contributed by atoms with van der Waals surface area (Å²) in [7, 11) is 0. The van der Waals surface area contributed by atoms with E-state index in [9.17, 15) is 14.4 Å². The molecule has 0 radical (unpaired) electrons. The SMILES string of the molecule is CC(C)(C)NC(=O)[C@@H]1N(C2CC2)C(=O)[C@H]2[C@H](C(=O)NC3CCCCC3)[C@H]3C=C[C@@]12O3. The van der Waals surface area contributed by atoms with Crippen LogP contribution in [0.5, 0.6) is 0 Å². The maximum atomic E-state index is 13.6. The van der Waals surface area contributed by atoms with Crippen molar-refractivity contribution >= 4 is 17.7 Å². The van der Waals surface area contributed by atoms with E-state index in [0.717, 1.165) is 38.5 Å². The number of fused-ring (bicyclic) bond motifs is 1. The summed E-state index contributed by atoms with van der Waals surface area (Å²) in [4.78, 5) is 42.0. The van der Waals surface area contributed by atoms with Crippen LogP contribution < -0.4 is 10.6 Å². The molecule has 5 atom stereocenters. The van der Waals surface area contributed by atoms with E-state index >= 15 is 0 Å². The largest absolute Gasteiger partial charge is 0.359 e. The van der Waals surface area contributed by atoms with E-state index in [2.05, 4.69) is 10.6 Å². The van der Waals surface area contributed by atoms with Crippen LogP contribution in [0, 0.1) is 11.8 Å². The normalized spacial score (nSPS) is 38.1. The maximum Gasteiger partial charge on any atom is 0.246 e. The van der Waals surface area contributed by atoms with Gasteiger partial charge < -0.3 is 20.3 Å². The van der Waals surface area contributed by atoms with Crippen molar-refractivity contribution < 1.29 is 19.1 Å². The van der Waals surface area contributed by atoms with Crippen LogP contribution in [0.15, 0.2) is 12.2 Å². The molecule has 0 aromatic carbocycles. The van der Waals surface area contributed by atoms with Crippen LogP contribution in [0.3, 0.4) is 0 Å². The summed E-state index contributed by atoms with van der Waals surface area (Å²) < 4.78 is 6.34. The Balaban J connectivity index is 1.44. The molecule has 1 spiro atoms. The molecule has 3 heterocycles. The minimum Gasteiger partial charge on any atom is -0.359 e. The van der Waals surface area contributed by atoms with E-state index < -0.39 is 35.1 Å². The number of carbonyl (C=O) groups excluding carboxylic acids is 3. The van der Waals surface area contributed by atoms with Crippen molar-refractivity contribution in [2.24, 2.45) is 11.8 Å². The molecule has 0 aromatic rings. The van der Waals surface area contributed by atoms with Gasteiger partial charge in [0.1, 0.15) is 11.6 Å². The van der Waals surface area contributed by atoms with Crippen LogP contribution in [0.4, 0.5) is 0 Å². The Morgan fingerprint density at radius 3 is 2.43 bits per heavy atom. The first-order valence-corrected chi connectivity index (χ1v) is 11.5. The summed E-state index contributed by atoms with van der Waals surface area (Å²) >= 11 is 0. The van der Waals surface area contributed by atoms with Gasteiger partial charge in [-0.1, -0.05) is 31.4 Å². The highest BCUT2D eigenvalue weighted by molar-refractivity contribution is 6.00. The summed E-state index contributed by atoms with van der Waals surface area (Å²) in [5.41, 5.74) is -1.45. The smallest absolute Gasteiger partial charge is 0.246 e. The van der Waals surface area contributed by atoms with Gasteiger partial charge in [0.05, 0.1) is 17.9 Å². The molecule has 2 N–H and O–H groups in total. The number of likely N-dealkylation sites (tertiary alicyclic amines) is 1. The second-order valence-electron chi connectivity index (χ2n) is 10.8. The summed E-state index contributed by atoms with van der Waals surface area (Å²) in [6, 6.07) is -0.455. The third-order valence-electron chi connectivity index (χ3n) is 7.25. The first kappa shape index (κ1) is 20.0. The van der Waals surface area contributed by atoms with Gasteiger partial charge in [-0.2, -0.15) is 0 Å². The number of hydrogen-bond acceptors (Lipinski definition) is 4. The highest BCUT2D eigenvalue weighted by Gasteiger charge is 2.74. The molecule has 4 fully saturated rings. The third kappa shape index (κ3) is 3.08. The van der Waals surface area contributed by atoms with E-state index in [0.29, 0.717) is 0 Å². The van der Waals surface area contributed by atoms with Gasteiger partial charge in [0.25, 0.3) is 0 Å². The van der Waals surface area contributed by atoms with Gasteiger partial charge in [-0.3, -0.25) is 14.4 Å². The fourth-order valence-electron chi connectivity index (χ4n) is 5.93. The van der Waals surface area contributed by atoms with E-state index in [4.69, 9.17) is 4.74 Å². The first-order chi connectivity index (χ1) is 14.2. The molecule has 3 amide bonds. The van der Waals surface area contributed by atoms with Gasteiger partial charge in [0.2, 0.25) is 17.7 Å². The van der Waals surface area contributed by atoms with Gasteiger partial charge in [0, 0.05) is 17.6 Å². The minimum atomic E-state index is -1.03. The van der Waals surface area contributed by atoms with Gasteiger partial charge >= 0.3 is 0 Å². The average molecular weight is 416 g/mol.